The fraction of sp³-hybridized carbons (Fsp3) is 0.714. The maximum Gasteiger partial charge on any atom is 0.411 e. The van der Waals surface area contributed by atoms with Crippen LogP contribution in [0.1, 0.15) is 0 Å². The van der Waals surface area contributed by atoms with Crippen LogP contribution in [0.25, 0.3) is 10.4 Å². The molecule has 0 aromatic heterocycles. The molecule has 0 aromatic carbocycles. The third-order valence-corrected chi connectivity index (χ3v) is 2.59. The Kier molecular flexibility index (Phi) is 6.89. The van der Waals surface area contributed by atoms with Crippen LogP contribution in [0.5, 0.6) is 0 Å². The molecule has 0 aromatic rings. The highest BCUT2D eigenvalue weighted by atomic mass is 31.2. The number of methoxy groups -OCH3 is 1. The Bertz CT molecular complexity index is 363. The highest BCUT2D eigenvalue weighted by Crippen LogP contribution is 2.44. The van der Waals surface area contributed by atoms with E-state index in [2.05, 4.69) is 14.8 Å². The fourth-order valence-corrected chi connectivity index (χ4v) is 1.57. The smallest absolute Gasteiger partial charge is 0.382 e. The summed E-state index contributed by atoms with van der Waals surface area (Å²) < 4.78 is 4.65. The number of carbonyl (C=O) groups is 2. The molecule has 102 valence electrons. The van der Waals surface area contributed by atoms with Crippen LogP contribution in [0.15, 0.2) is 5.11 Å². The minimum absolute atomic E-state index is 0.384. The number of rotatable bonds is 8. The van der Waals surface area contributed by atoms with Gasteiger partial charge in [0.15, 0.2) is 0 Å². The summed E-state index contributed by atoms with van der Waals surface area (Å²) >= 11 is 0. The van der Waals surface area contributed by atoms with E-state index in [0.29, 0.717) is 0 Å². The summed E-state index contributed by atoms with van der Waals surface area (Å²) in [5.41, 5.74) is 8.07. The Hall–Kier alpha value is -1.12. The lowest BCUT2D eigenvalue weighted by Crippen LogP contribution is -2.42. The van der Waals surface area contributed by atoms with E-state index in [9.17, 15) is 14.7 Å². The van der Waals surface area contributed by atoms with Gasteiger partial charge in [-0.15, -0.1) is 0 Å². The maximum absolute atomic E-state index is 11.4. The topological polar surface area (TPSA) is 173 Å². The number of aliphatic hydroxyl groups excluding tert-OH is 1. The van der Waals surface area contributed by atoms with Crippen molar-refractivity contribution < 1.29 is 34.1 Å². The van der Waals surface area contributed by atoms with E-state index in [1.807, 2.05) is 0 Å². The standard InChI is InChI=1S/C7H13N3O7P/c1-17-5(2-9-10-8)7(13)6(12)4(11)3-18(14,15)16/h5,7,13-16H,2-3H2,1H3/q+1. The van der Waals surface area contributed by atoms with E-state index in [1.165, 1.54) is 0 Å². The van der Waals surface area contributed by atoms with Crippen molar-refractivity contribution in [2.24, 2.45) is 5.11 Å². The van der Waals surface area contributed by atoms with E-state index >= 15 is 0 Å². The number of azide groups is 1. The number of carbonyl (C=O) groups excluding carboxylic acids is 2. The van der Waals surface area contributed by atoms with Crippen molar-refractivity contribution in [1.29, 1.82) is 0 Å². The van der Waals surface area contributed by atoms with Gasteiger partial charge in [-0.3, -0.25) is 9.59 Å². The summed E-state index contributed by atoms with van der Waals surface area (Å²) in [6.45, 7) is -0.384. The van der Waals surface area contributed by atoms with E-state index < -0.39 is 37.9 Å². The highest BCUT2D eigenvalue weighted by molar-refractivity contribution is 7.59. The monoisotopic (exact) mass is 282 g/mol. The SMILES string of the molecule is COC(CN=[N+]=[N-])C(O)C(=O)C(=O)C[P+](O)(O)O. The van der Waals surface area contributed by atoms with Crippen molar-refractivity contribution in [2.45, 2.75) is 12.2 Å². The van der Waals surface area contributed by atoms with E-state index in [-0.39, 0.29) is 6.54 Å². The van der Waals surface area contributed by atoms with Crippen LogP contribution in [0.4, 0.5) is 0 Å². The molecule has 0 aliphatic heterocycles. The lowest BCUT2D eigenvalue weighted by molar-refractivity contribution is -0.144. The third kappa shape index (κ3) is 5.99. The normalized spacial score (nSPS) is 14.5. The summed E-state index contributed by atoms with van der Waals surface area (Å²) in [5.74, 6) is -2.72. The van der Waals surface area contributed by atoms with Gasteiger partial charge in [0.25, 0.3) is 0 Å². The molecule has 0 heterocycles. The molecule has 0 saturated carbocycles. The summed E-state index contributed by atoms with van der Waals surface area (Å²) in [7, 11) is -3.30. The maximum atomic E-state index is 11.4. The number of ketones is 2. The lowest BCUT2D eigenvalue weighted by Gasteiger charge is -2.17. The average Bonchev–Trinajstić information content (AvgIpc) is 2.26. The Balaban J connectivity index is 4.65. The molecule has 0 saturated heterocycles. The first-order valence-corrected chi connectivity index (χ1v) is 6.41. The fourth-order valence-electron chi connectivity index (χ4n) is 1.02. The average molecular weight is 282 g/mol. The van der Waals surface area contributed by atoms with E-state index in [1.54, 1.807) is 0 Å². The molecular weight excluding hydrogens is 269 g/mol. The second kappa shape index (κ2) is 7.34. The Labute approximate surface area is 102 Å². The molecule has 18 heavy (non-hydrogen) atoms. The van der Waals surface area contributed by atoms with Gasteiger partial charge < -0.3 is 9.84 Å². The molecular formula is C7H13N3O7P+. The third-order valence-electron chi connectivity index (χ3n) is 1.88. The van der Waals surface area contributed by atoms with Gasteiger partial charge in [0.2, 0.25) is 17.7 Å². The molecule has 2 atom stereocenters. The van der Waals surface area contributed by atoms with Crippen molar-refractivity contribution in [3.63, 3.8) is 0 Å². The minimum atomic E-state index is -4.43. The van der Waals surface area contributed by atoms with Gasteiger partial charge in [0.05, 0.1) is 12.6 Å². The first kappa shape index (κ1) is 16.9. The van der Waals surface area contributed by atoms with Crippen LogP contribution >= 0.6 is 7.94 Å². The quantitative estimate of drug-likeness (QED) is 0.138. The van der Waals surface area contributed by atoms with E-state index in [0.717, 1.165) is 7.11 Å². The molecule has 0 aliphatic rings. The summed E-state index contributed by atoms with van der Waals surface area (Å²) in [5, 5.41) is 12.5. The second-order valence-electron chi connectivity index (χ2n) is 3.27. The molecule has 0 fully saturated rings. The first-order valence-electron chi connectivity index (χ1n) is 4.58. The molecule has 0 rings (SSSR count). The number of hydrogen-bond acceptors (Lipinski definition) is 8. The largest absolute Gasteiger partial charge is 0.411 e. The molecule has 2 unspecified atom stereocenters. The zero-order chi connectivity index (χ0) is 14.3. The first-order chi connectivity index (χ1) is 8.22. The van der Waals surface area contributed by atoms with Crippen LogP contribution < -0.4 is 0 Å². The Morgan fingerprint density at radius 1 is 1.44 bits per heavy atom. The van der Waals surface area contributed by atoms with Crippen LogP contribution in [-0.2, 0) is 14.3 Å². The summed E-state index contributed by atoms with van der Waals surface area (Å²) in [6.07, 6.45) is -4.33. The van der Waals surface area contributed by atoms with Crippen molar-refractivity contribution in [3.8, 4) is 0 Å². The van der Waals surface area contributed by atoms with Crippen LogP contribution in [0.2, 0.25) is 0 Å². The molecule has 0 radical (unpaired) electrons. The zero-order valence-corrected chi connectivity index (χ0v) is 10.3. The Morgan fingerprint density at radius 3 is 2.39 bits per heavy atom. The van der Waals surface area contributed by atoms with Gasteiger partial charge in [-0.1, -0.05) is 5.11 Å². The number of nitrogens with zero attached hydrogens (tertiary/aromatic N) is 3. The minimum Gasteiger partial charge on any atom is -0.382 e. The number of hydrogen-bond donors (Lipinski definition) is 4. The molecule has 10 nitrogen and oxygen atoms in total. The number of aliphatic hydroxyl groups is 1. The van der Waals surface area contributed by atoms with Gasteiger partial charge in [-0.2, -0.15) is 14.7 Å². The number of ether oxygens (including phenoxy) is 1. The van der Waals surface area contributed by atoms with Crippen LogP contribution in [0, 0.1) is 0 Å². The summed E-state index contributed by atoms with van der Waals surface area (Å²) in [4.78, 5) is 50.8. The van der Waals surface area contributed by atoms with Crippen molar-refractivity contribution in [2.75, 3.05) is 19.8 Å². The molecule has 11 heteroatoms. The lowest BCUT2D eigenvalue weighted by atomic mass is 10.1. The zero-order valence-electron chi connectivity index (χ0n) is 9.37. The van der Waals surface area contributed by atoms with Crippen molar-refractivity contribution in [3.05, 3.63) is 10.4 Å². The van der Waals surface area contributed by atoms with Crippen molar-refractivity contribution >= 4 is 19.5 Å². The summed E-state index contributed by atoms with van der Waals surface area (Å²) in [6, 6.07) is 0. The molecule has 0 spiro atoms. The Morgan fingerprint density at radius 2 is 2.00 bits per heavy atom. The molecule has 0 amide bonds. The predicted molar refractivity (Wildman–Crippen MR) is 59.3 cm³/mol. The van der Waals surface area contributed by atoms with Gasteiger partial charge in [0.1, 0.15) is 6.10 Å². The second-order valence-corrected chi connectivity index (χ2v) is 4.97. The molecule has 0 bridgehead atoms. The van der Waals surface area contributed by atoms with Crippen LogP contribution in [0.3, 0.4) is 0 Å². The highest BCUT2D eigenvalue weighted by Gasteiger charge is 2.40. The molecule has 0 aliphatic carbocycles. The van der Waals surface area contributed by atoms with Gasteiger partial charge in [0, 0.05) is 12.0 Å². The predicted octanol–water partition coefficient (Wildman–Crippen LogP) is -1.45. The van der Waals surface area contributed by atoms with Gasteiger partial charge in [-0.25, -0.2) is 0 Å². The number of Topliss-reactive ketones (excluding diaryl/α,β-unsaturated/α-hetero) is 2. The molecule has 4 N–H and O–H groups in total. The van der Waals surface area contributed by atoms with Crippen LogP contribution in [-0.4, -0.2) is 63.4 Å². The van der Waals surface area contributed by atoms with Gasteiger partial charge in [-0.05, 0) is 5.53 Å². The van der Waals surface area contributed by atoms with Crippen molar-refractivity contribution in [1.82, 2.24) is 0 Å². The van der Waals surface area contributed by atoms with E-state index in [4.69, 9.17) is 20.2 Å². The van der Waals surface area contributed by atoms with Gasteiger partial charge >= 0.3 is 7.94 Å².